The van der Waals surface area contributed by atoms with Crippen molar-refractivity contribution in [3.8, 4) is 0 Å². The van der Waals surface area contributed by atoms with E-state index in [2.05, 4.69) is 27.1 Å². The number of hydrogen-bond acceptors (Lipinski definition) is 3. The fourth-order valence-corrected chi connectivity index (χ4v) is 3.02. The number of benzene rings is 1. The van der Waals surface area contributed by atoms with E-state index in [4.69, 9.17) is 0 Å². The summed E-state index contributed by atoms with van der Waals surface area (Å²) < 4.78 is 25.2. The largest absolute Gasteiger partial charge is 0.268 e. The summed E-state index contributed by atoms with van der Waals surface area (Å²) in [4.78, 5) is 0. The zero-order valence-electron chi connectivity index (χ0n) is 10.8. The molecule has 1 heterocycles. The van der Waals surface area contributed by atoms with Crippen molar-refractivity contribution in [2.75, 3.05) is 6.26 Å². The molecule has 1 aromatic carbocycles. The third-order valence-electron chi connectivity index (χ3n) is 2.74. The second kappa shape index (κ2) is 5.46. The number of sulfone groups is 1. The van der Waals surface area contributed by atoms with Gasteiger partial charge in [-0.3, -0.25) is 4.68 Å². The maximum atomic E-state index is 11.2. The van der Waals surface area contributed by atoms with Crippen molar-refractivity contribution >= 4 is 25.8 Å². The second-order valence-electron chi connectivity index (χ2n) is 4.65. The van der Waals surface area contributed by atoms with Crippen LogP contribution in [0, 0.1) is 6.92 Å². The van der Waals surface area contributed by atoms with Gasteiger partial charge in [0.2, 0.25) is 0 Å². The van der Waals surface area contributed by atoms with Gasteiger partial charge in [0, 0.05) is 16.9 Å². The van der Waals surface area contributed by atoms with Gasteiger partial charge in [0.25, 0.3) is 0 Å². The monoisotopic (exact) mass is 342 g/mol. The summed E-state index contributed by atoms with van der Waals surface area (Å²) >= 11 is 3.43. The molecule has 0 saturated heterocycles. The maximum Gasteiger partial charge on any atom is 0.153 e. The first kappa shape index (κ1) is 14.3. The van der Waals surface area contributed by atoms with Crippen LogP contribution in [0.25, 0.3) is 0 Å². The lowest BCUT2D eigenvalue weighted by Crippen LogP contribution is -2.05. The summed E-state index contributed by atoms with van der Waals surface area (Å²) in [6.45, 7) is 2.68. The van der Waals surface area contributed by atoms with Crippen molar-refractivity contribution in [2.24, 2.45) is 0 Å². The van der Waals surface area contributed by atoms with E-state index in [9.17, 15) is 8.42 Å². The van der Waals surface area contributed by atoms with Gasteiger partial charge in [0.1, 0.15) is 0 Å². The Morgan fingerprint density at radius 1 is 1.32 bits per heavy atom. The topological polar surface area (TPSA) is 52.0 Å². The smallest absolute Gasteiger partial charge is 0.153 e. The van der Waals surface area contributed by atoms with Gasteiger partial charge in [-0.15, -0.1) is 0 Å². The van der Waals surface area contributed by atoms with Crippen molar-refractivity contribution in [2.45, 2.75) is 19.2 Å². The number of aryl methyl sites for hydroxylation is 1. The zero-order chi connectivity index (χ0) is 14.0. The summed E-state index contributed by atoms with van der Waals surface area (Å²) in [5.74, 6) is -0.0146. The maximum absolute atomic E-state index is 11.2. The average Bonchev–Trinajstić information content (AvgIpc) is 2.67. The predicted octanol–water partition coefficient (Wildman–Crippen LogP) is 2.55. The first-order valence-electron chi connectivity index (χ1n) is 5.78. The molecule has 2 rings (SSSR count). The van der Waals surface area contributed by atoms with Crippen LogP contribution in [-0.4, -0.2) is 24.5 Å². The Bertz CT molecular complexity index is 692. The van der Waals surface area contributed by atoms with E-state index < -0.39 is 9.84 Å². The number of rotatable bonds is 4. The number of nitrogens with zero attached hydrogens (tertiary/aromatic N) is 2. The van der Waals surface area contributed by atoms with Crippen molar-refractivity contribution < 1.29 is 8.42 Å². The minimum atomic E-state index is -3.03. The zero-order valence-corrected chi connectivity index (χ0v) is 13.2. The van der Waals surface area contributed by atoms with Crippen molar-refractivity contribution in [3.63, 3.8) is 0 Å². The molecule has 0 aliphatic heterocycles. The molecule has 0 saturated carbocycles. The molecule has 0 bridgehead atoms. The first-order valence-corrected chi connectivity index (χ1v) is 8.64. The molecule has 19 heavy (non-hydrogen) atoms. The summed E-state index contributed by atoms with van der Waals surface area (Å²) in [6, 6.07) is 7.83. The van der Waals surface area contributed by atoms with Crippen LogP contribution in [0.1, 0.15) is 16.8 Å². The summed E-state index contributed by atoms with van der Waals surface area (Å²) in [5, 5.41) is 4.28. The predicted molar refractivity (Wildman–Crippen MR) is 78.8 cm³/mol. The quantitative estimate of drug-likeness (QED) is 0.857. The van der Waals surface area contributed by atoms with E-state index in [0.717, 1.165) is 10.0 Å². The van der Waals surface area contributed by atoms with E-state index in [1.807, 2.05) is 25.3 Å². The van der Waals surface area contributed by atoms with Crippen LogP contribution >= 0.6 is 15.9 Å². The highest BCUT2D eigenvalue weighted by Crippen LogP contribution is 2.16. The Balaban J connectivity index is 2.16. The fraction of sp³-hybridized carbons (Fsp3) is 0.308. The molecule has 0 radical (unpaired) electrons. The van der Waals surface area contributed by atoms with Crippen LogP contribution in [0.15, 0.2) is 34.9 Å². The van der Waals surface area contributed by atoms with E-state index in [-0.39, 0.29) is 5.75 Å². The van der Waals surface area contributed by atoms with E-state index in [1.54, 1.807) is 10.7 Å². The molecule has 0 unspecified atom stereocenters. The Labute approximate surface area is 121 Å². The minimum absolute atomic E-state index is 0.0146. The van der Waals surface area contributed by atoms with Crippen LogP contribution in [0.5, 0.6) is 0 Å². The Kier molecular flexibility index (Phi) is 4.10. The number of aromatic nitrogens is 2. The van der Waals surface area contributed by atoms with Crippen LogP contribution in [0.2, 0.25) is 0 Å². The molecule has 1 aromatic heterocycles. The highest BCUT2D eigenvalue weighted by Gasteiger charge is 2.08. The molecule has 0 N–H and O–H groups in total. The Morgan fingerprint density at radius 3 is 2.68 bits per heavy atom. The highest BCUT2D eigenvalue weighted by atomic mass is 79.9. The summed E-state index contributed by atoms with van der Waals surface area (Å²) in [5.41, 5.74) is 2.92. The Hall–Kier alpha value is -1.14. The summed E-state index contributed by atoms with van der Waals surface area (Å²) in [7, 11) is -3.03. The van der Waals surface area contributed by atoms with E-state index >= 15 is 0 Å². The van der Waals surface area contributed by atoms with E-state index in [1.165, 1.54) is 11.8 Å². The lowest BCUT2D eigenvalue weighted by atomic mass is 10.1. The van der Waals surface area contributed by atoms with Crippen molar-refractivity contribution in [1.82, 2.24) is 9.78 Å². The minimum Gasteiger partial charge on any atom is -0.268 e. The molecule has 2 aromatic rings. The molecular formula is C13H15BrN2O2S. The standard InChI is InChI=1S/C13H15BrN2O2S/c1-10-7-12(14)4-3-11(10)8-16-6-5-13(15-16)9-19(2,17)18/h3-7H,8-9H2,1-2H3. The number of hydrogen-bond donors (Lipinski definition) is 0. The second-order valence-corrected chi connectivity index (χ2v) is 7.70. The lowest BCUT2D eigenvalue weighted by Gasteiger charge is -2.06. The molecule has 4 nitrogen and oxygen atoms in total. The van der Waals surface area contributed by atoms with Gasteiger partial charge in [-0.25, -0.2) is 8.42 Å². The third kappa shape index (κ3) is 4.18. The fourth-order valence-electron chi connectivity index (χ4n) is 1.85. The van der Waals surface area contributed by atoms with Crippen molar-refractivity contribution in [3.05, 3.63) is 51.8 Å². The third-order valence-corrected chi connectivity index (χ3v) is 4.06. The SMILES string of the molecule is Cc1cc(Br)ccc1Cn1ccc(CS(C)(=O)=O)n1. The molecule has 0 spiro atoms. The molecule has 0 amide bonds. The first-order chi connectivity index (χ1) is 8.83. The van der Waals surface area contributed by atoms with Crippen LogP contribution < -0.4 is 0 Å². The average molecular weight is 343 g/mol. The van der Waals surface area contributed by atoms with E-state index in [0.29, 0.717) is 12.2 Å². The summed E-state index contributed by atoms with van der Waals surface area (Å²) in [6.07, 6.45) is 3.02. The van der Waals surface area contributed by atoms with Crippen molar-refractivity contribution in [1.29, 1.82) is 0 Å². The molecule has 6 heteroatoms. The highest BCUT2D eigenvalue weighted by molar-refractivity contribution is 9.10. The van der Waals surface area contributed by atoms with Gasteiger partial charge in [0.15, 0.2) is 9.84 Å². The molecule has 0 atom stereocenters. The normalized spacial score (nSPS) is 11.7. The molecule has 0 fully saturated rings. The van der Waals surface area contributed by atoms with Gasteiger partial charge >= 0.3 is 0 Å². The lowest BCUT2D eigenvalue weighted by molar-refractivity contribution is 0.599. The van der Waals surface area contributed by atoms with Gasteiger partial charge in [-0.05, 0) is 36.2 Å². The molecule has 0 aliphatic rings. The van der Waals surface area contributed by atoms with Crippen LogP contribution in [0.3, 0.4) is 0 Å². The molecule has 0 aliphatic carbocycles. The Morgan fingerprint density at radius 2 is 2.05 bits per heavy atom. The molecule has 102 valence electrons. The van der Waals surface area contributed by atoms with Gasteiger partial charge < -0.3 is 0 Å². The van der Waals surface area contributed by atoms with Crippen LogP contribution in [0.4, 0.5) is 0 Å². The van der Waals surface area contributed by atoms with Gasteiger partial charge in [0.05, 0.1) is 18.0 Å². The van der Waals surface area contributed by atoms with Gasteiger partial charge in [-0.2, -0.15) is 5.10 Å². The van der Waals surface area contributed by atoms with Gasteiger partial charge in [-0.1, -0.05) is 22.0 Å². The van der Waals surface area contributed by atoms with Crippen LogP contribution in [-0.2, 0) is 22.1 Å². The molecular weight excluding hydrogens is 328 g/mol. The number of halogens is 1.